The number of hydrogen-bond acceptors (Lipinski definition) is 11. The smallest absolute Gasteiger partial charge is 0.407 e. The number of carbonyl (C=O) groups excluding carboxylic acids is 8. The maximum absolute atomic E-state index is 14.5. The lowest BCUT2D eigenvalue weighted by atomic mass is 9.81. The fraction of sp³-hybridized carbons (Fsp3) is 0.543. The average Bonchev–Trinajstić information content (AvgIpc) is 3.74. The van der Waals surface area contributed by atoms with Crippen LogP contribution in [0.4, 0.5) is 4.79 Å². The SMILES string of the molecule is CCCC(NC(=O)C1CC(OCc2ccccc2)CN1C(=O)C(CCCNC(=O)C1CCC(C(=O)O)CC1)NC(=O)OCC(C)C)C(=O)C(=O)NCC(=O)NC(C(N)=O)c1ccccc1. The van der Waals surface area contributed by atoms with Gasteiger partial charge in [-0.2, -0.15) is 0 Å². The van der Waals surface area contributed by atoms with Crippen molar-refractivity contribution in [3.63, 3.8) is 0 Å². The normalized spacial score (nSPS) is 19.5. The summed E-state index contributed by atoms with van der Waals surface area (Å²) in [5.74, 6) is -7.13. The van der Waals surface area contributed by atoms with Crippen molar-refractivity contribution < 1.29 is 57.7 Å². The number of alkyl carbamates (subject to hydrolysis) is 1. The zero-order valence-electron chi connectivity index (χ0n) is 37.3. The fourth-order valence-electron chi connectivity index (χ4n) is 7.75. The number of primary amides is 1. The summed E-state index contributed by atoms with van der Waals surface area (Å²) in [7, 11) is 0. The molecule has 4 rings (SSSR count). The van der Waals surface area contributed by atoms with Gasteiger partial charge in [-0.15, -0.1) is 0 Å². The van der Waals surface area contributed by atoms with E-state index in [4.69, 9.17) is 15.2 Å². The summed E-state index contributed by atoms with van der Waals surface area (Å²) in [5.41, 5.74) is 6.75. The quantitative estimate of drug-likeness (QED) is 0.0589. The molecule has 2 aliphatic rings. The van der Waals surface area contributed by atoms with Gasteiger partial charge in [-0.1, -0.05) is 87.9 Å². The van der Waals surface area contributed by atoms with Crippen LogP contribution in [-0.2, 0) is 54.4 Å². The molecule has 8 N–H and O–H groups in total. The maximum atomic E-state index is 14.5. The molecule has 0 spiro atoms. The summed E-state index contributed by atoms with van der Waals surface area (Å²) in [5, 5.41) is 22.1. The van der Waals surface area contributed by atoms with Crippen LogP contribution in [0.25, 0.3) is 0 Å². The Labute approximate surface area is 378 Å². The minimum atomic E-state index is -1.35. The van der Waals surface area contributed by atoms with Crippen LogP contribution in [0.5, 0.6) is 0 Å². The summed E-state index contributed by atoms with van der Waals surface area (Å²) in [4.78, 5) is 119. The minimum absolute atomic E-state index is 0.00305. The zero-order chi connectivity index (χ0) is 47.5. The van der Waals surface area contributed by atoms with Gasteiger partial charge in [-0.3, -0.25) is 38.4 Å². The highest BCUT2D eigenvalue weighted by atomic mass is 16.5. The van der Waals surface area contributed by atoms with E-state index in [1.807, 2.05) is 44.2 Å². The number of carbonyl (C=O) groups is 9. The number of aliphatic carboxylic acids is 1. The number of ketones is 1. The number of carboxylic acids is 1. The topological polar surface area (TPSA) is 282 Å². The van der Waals surface area contributed by atoms with Crippen LogP contribution < -0.4 is 32.3 Å². The van der Waals surface area contributed by atoms with Crippen molar-refractivity contribution in [3.05, 3.63) is 71.8 Å². The van der Waals surface area contributed by atoms with E-state index in [1.54, 1.807) is 37.3 Å². The lowest BCUT2D eigenvalue weighted by Crippen LogP contribution is -2.56. The number of likely N-dealkylation sites (tertiary alicyclic amines) is 1. The van der Waals surface area contributed by atoms with Crippen LogP contribution in [-0.4, -0.2) is 114 Å². The first-order valence-corrected chi connectivity index (χ1v) is 22.2. The lowest BCUT2D eigenvalue weighted by molar-refractivity contribution is -0.144. The summed E-state index contributed by atoms with van der Waals surface area (Å²) in [6.45, 7) is 5.09. The summed E-state index contributed by atoms with van der Waals surface area (Å²) >= 11 is 0. The van der Waals surface area contributed by atoms with Gasteiger partial charge < -0.3 is 51.8 Å². The van der Waals surface area contributed by atoms with E-state index in [0.717, 1.165) is 5.56 Å². The first kappa shape index (κ1) is 51.3. The summed E-state index contributed by atoms with van der Waals surface area (Å²) in [6.07, 6.45) is 0.884. The number of nitrogens with two attached hydrogens (primary N) is 1. The van der Waals surface area contributed by atoms with Gasteiger partial charge in [0.25, 0.3) is 5.91 Å². The second-order valence-electron chi connectivity index (χ2n) is 16.9. The molecule has 7 amide bonds. The highest BCUT2D eigenvalue weighted by molar-refractivity contribution is 6.38. The van der Waals surface area contributed by atoms with Crippen LogP contribution in [0.15, 0.2) is 60.7 Å². The van der Waals surface area contributed by atoms with Crippen LogP contribution in [0.1, 0.15) is 95.7 Å². The number of hydrogen-bond donors (Lipinski definition) is 7. The Kier molecular flexibility index (Phi) is 20.4. The Balaban J connectivity index is 1.46. The van der Waals surface area contributed by atoms with Gasteiger partial charge in [-0.25, -0.2) is 4.79 Å². The number of carboxylic acid groups (broad SMARTS) is 1. The molecule has 354 valence electrons. The predicted octanol–water partition coefficient (Wildman–Crippen LogP) is 2.02. The lowest BCUT2D eigenvalue weighted by Gasteiger charge is -2.29. The number of nitrogens with one attached hydrogen (secondary N) is 5. The third-order valence-electron chi connectivity index (χ3n) is 11.3. The van der Waals surface area contributed by atoms with Crippen molar-refractivity contribution >= 4 is 53.3 Å². The molecule has 2 fully saturated rings. The third-order valence-corrected chi connectivity index (χ3v) is 11.3. The van der Waals surface area contributed by atoms with Crippen molar-refractivity contribution in [2.75, 3.05) is 26.2 Å². The van der Waals surface area contributed by atoms with E-state index >= 15 is 0 Å². The van der Waals surface area contributed by atoms with Gasteiger partial charge in [0.2, 0.25) is 35.3 Å². The maximum Gasteiger partial charge on any atom is 0.407 e. The van der Waals surface area contributed by atoms with Crippen molar-refractivity contribution in [3.8, 4) is 0 Å². The van der Waals surface area contributed by atoms with Crippen LogP contribution in [0.2, 0.25) is 0 Å². The summed E-state index contributed by atoms with van der Waals surface area (Å²) in [6, 6.07) is 12.5. The minimum Gasteiger partial charge on any atom is -0.481 e. The molecule has 0 bridgehead atoms. The van der Waals surface area contributed by atoms with E-state index in [0.29, 0.717) is 37.7 Å². The number of ether oxygens (including phenoxy) is 2. The molecule has 1 saturated heterocycles. The van der Waals surface area contributed by atoms with E-state index in [-0.39, 0.29) is 69.7 Å². The van der Waals surface area contributed by atoms with Gasteiger partial charge in [-0.05, 0) is 62.0 Å². The van der Waals surface area contributed by atoms with E-state index < -0.39 is 90.1 Å². The van der Waals surface area contributed by atoms with E-state index in [2.05, 4.69) is 26.6 Å². The molecule has 19 heteroatoms. The molecule has 1 aliphatic carbocycles. The van der Waals surface area contributed by atoms with E-state index in [9.17, 15) is 48.3 Å². The second-order valence-corrected chi connectivity index (χ2v) is 16.9. The van der Waals surface area contributed by atoms with Gasteiger partial charge in [0, 0.05) is 25.4 Å². The Bertz CT molecular complexity index is 1960. The van der Waals surface area contributed by atoms with Crippen LogP contribution in [0.3, 0.4) is 0 Å². The molecule has 2 aromatic rings. The first-order chi connectivity index (χ1) is 31.1. The standard InChI is InChI=1S/C46H63N7O12/c1-4-12-34(39(55)43(59)49-24-37(54)52-38(40(47)56)30-15-9-6-10-16-30)50-42(58)36-23-33(64-27-29-13-7-5-8-14-29)25-53(36)44(60)35(51-46(63)65-26-28(2)3)17-11-22-48-41(57)31-18-20-32(21-19-31)45(61)62/h5-10,13-16,28,31-36,38H,4,11-12,17-27H2,1-3H3,(H2,47,56)(H,48,57)(H,49,59)(H,50,58)(H,51,63)(H,52,54)(H,61,62). The fourth-order valence-corrected chi connectivity index (χ4v) is 7.75. The number of rotatable bonds is 24. The predicted molar refractivity (Wildman–Crippen MR) is 235 cm³/mol. The molecule has 65 heavy (non-hydrogen) atoms. The molecule has 2 aromatic carbocycles. The first-order valence-electron chi connectivity index (χ1n) is 22.2. The Morgan fingerprint density at radius 1 is 0.800 bits per heavy atom. The second kappa shape index (κ2) is 25.8. The molecule has 1 aliphatic heterocycles. The van der Waals surface area contributed by atoms with Gasteiger partial charge in [0.05, 0.1) is 37.8 Å². The van der Waals surface area contributed by atoms with Crippen molar-refractivity contribution in [2.45, 2.75) is 115 Å². The zero-order valence-corrected chi connectivity index (χ0v) is 37.3. The van der Waals surface area contributed by atoms with Gasteiger partial charge in [0.15, 0.2) is 0 Å². The van der Waals surface area contributed by atoms with Crippen molar-refractivity contribution in [1.29, 1.82) is 0 Å². The molecular weight excluding hydrogens is 843 g/mol. The number of benzene rings is 2. The number of Topliss-reactive ketones (excluding diaryl/α,β-unsaturated/α-hetero) is 1. The van der Waals surface area contributed by atoms with Crippen molar-refractivity contribution in [2.24, 2.45) is 23.5 Å². The van der Waals surface area contributed by atoms with Crippen LogP contribution >= 0.6 is 0 Å². The molecular formula is C46H63N7O12. The van der Waals surface area contributed by atoms with Crippen LogP contribution in [0, 0.1) is 17.8 Å². The van der Waals surface area contributed by atoms with Crippen molar-refractivity contribution in [1.82, 2.24) is 31.5 Å². The molecule has 5 unspecified atom stereocenters. The highest BCUT2D eigenvalue weighted by Crippen LogP contribution is 2.29. The molecule has 0 radical (unpaired) electrons. The molecule has 0 aromatic heterocycles. The van der Waals surface area contributed by atoms with Gasteiger partial charge in [0.1, 0.15) is 18.1 Å². The van der Waals surface area contributed by atoms with E-state index in [1.165, 1.54) is 4.90 Å². The monoisotopic (exact) mass is 905 g/mol. The summed E-state index contributed by atoms with van der Waals surface area (Å²) < 4.78 is 11.5. The Hall–Kier alpha value is -6.37. The molecule has 1 saturated carbocycles. The third kappa shape index (κ3) is 16.3. The molecule has 1 heterocycles. The Morgan fingerprint density at radius 3 is 2.06 bits per heavy atom. The van der Waals surface area contributed by atoms with Gasteiger partial charge >= 0.3 is 12.1 Å². The average molecular weight is 906 g/mol. The Morgan fingerprint density at radius 2 is 1.45 bits per heavy atom. The highest BCUT2D eigenvalue weighted by Gasteiger charge is 2.44. The number of amides is 7. The number of nitrogens with zero attached hydrogens (tertiary/aromatic N) is 1. The molecule has 19 nitrogen and oxygen atoms in total. The largest absolute Gasteiger partial charge is 0.481 e. The molecule has 5 atom stereocenters.